The summed E-state index contributed by atoms with van der Waals surface area (Å²) in [6.07, 6.45) is 0.820. The van der Waals surface area contributed by atoms with Gasteiger partial charge in [-0.3, -0.25) is 0 Å². The van der Waals surface area contributed by atoms with Crippen molar-refractivity contribution in [2.24, 2.45) is 0 Å². The molecule has 0 amide bonds. The highest BCUT2D eigenvalue weighted by molar-refractivity contribution is 7.90. The van der Waals surface area contributed by atoms with Crippen LogP contribution in [0.15, 0.2) is 48.5 Å². The quantitative estimate of drug-likeness (QED) is 0.511. The van der Waals surface area contributed by atoms with Gasteiger partial charge in [-0.25, -0.2) is 26.3 Å². The van der Waals surface area contributed by atoms with E-state index in [9.17, 15) is 21.9 Å². The number of hydrogen-bond acceptors (Lipinski definition) is 5. The molecular weight excluding hydrogens is 424 g/mol. The monoisotopic (exact) mass is 454 g/mol. The average Bonchev–Trinajstić information content (AvgIpc) is 2.70. The summed E-state index contributed by atoms with van der Waals surface area (Å²) >= 11 is 0. The van der Waals surface area contributed by atoms with Crippen molar-refractivity contribution in [3.63, 3.8) is 0 Å². The summed E-state index contributed by atoms with van der Waals surface area (Å²) in [5, 5.41) is 10.1. The Morgan fingerprint density at radius 1 is 0.900 bits per heavy atom. The Labute approximate surface area is 179 Å². The lowest BCUT2D eigenvalue weighted by Gasteiger charge is -2.26. The average molecular weight is 455 g/mol. The standard InChI is InChI=1S/C21H30N2O5S2/c1-5-14-22-30(27,28)21(2,3)19-12-10-17(11-13-19)16-6-8-18(9-7-16)20(24)15-23-29(4,25)26/h6-13,20,22-24H,5,14-15H2,1-4H3. The van der Waals surface area contributed by atoms with Crippen LogP contribution < -0.4 is 9.44 Å². The third-order valence-corrected chi connectivity index (χ3v) is 7.82. The maximum absolute atomic E-state index is 12.6. The minimum Gasteiger partial charge on any atom is -0.387 e. The molecule has 0 spiro atoms. The molecule has 2 aromatic rings. The van der Waals surface area contributed by atoms with E-state index >= 15 is 0 Å². The number of aliphatic hydroxyl groups is 1. The molecule has 0 aliphatic heterocycles. The molecular formula is C21H30N2O5S2. The molecule has 2 aromatic carbocycles. The van der Waals surface area contributed by atoms with Crippen LogP contribution in [-0.2, 0) is 24.8 Å². The van der Waals surface area contributed by atoms with Crippen LogP contribution in [0.5, 0.6) is 0 Å². The number of benzene rings is 2. The van der Waals surface area contributed by atoms with Gasteiger partial charge in [0.15, 0.2) is 0 Å². The van der Waals surface area contributed by atoms with E-state index in [1.165, 1.54) is 0 Å². The van der Waals surface area contributed by atoms with E-state index in [1.54, 1.807) is 38.1 Å². The molecule has 3 N–H and O–H groups in total. The first kappa shape index (κ1) is 24.5. The van der Waals surface area contributed by atoms with E-state index in [4.69, 9.17) is 0 Å². The Kier molecular flexibility index (Phi) is 7.81. The normalized spacial score (nSPS) is 13.9. The van der Waals surface area contributed by atoms with Gasteiger partial charge in [-0.2, -0.15) is 0 Å². The summed E-state index contributed by atoms with van der Waals surface area (Å²) in [7, 11) is -6.88. The van der Waals surface area contributed by atoms with Gasteiger partial charge in [0.2, 0.25) is 20.0 Å². The highest BCUT2D eigenvalue weighted by Crippen LogP contribution is 2.31. The lowest BCUT2D eigenvalue weighted by atomic mass is 9.97. The van der Waals surface area contributed by atoms with E-state index in [-0.39, 0.29) is 6.54 Å². The van der Waals surface area contributed by atoms with Gasteiger partial charge in [0.25, 0.3) is 0 Å². The first-order valence-electron chi connectivity index (χ1n) is 9.70. The molecule has 0 saturated carbocycles. The molecule has 0 saturated heterocycles. The Morgan fingerprint density at radius 2 is 1.40 bits per heavy atom. The lowest BCUT2D eigenvalue weighted by Crippen LogP contribution is -2.39. The molecule has 0 radical (unpaired) electrons. The van der Waals surface area contributed by atoms with Crippen molar-refractivity contribution in [1.82, 2.24) is 9.44 Å². The van der Waals surface area contributed by atoms with Crippen LogP contribution in [0.3, 0.4) is 0 Å². The summed E-state index contributed by atoms with van der Waals surface area (Å²) in [5.41, 5.74) is 3.09. The van der Waals surface area contributed by atoms with Crippen molar-refractivity contribution in [1.29, 1.82) is 0 Å². The third kappa shape index (κ3) is 6.12. The van der Waals surface area contributed by atoms with Crippen molar-refractivity contribution in [3.05, 3.63) is 59.7 Å². The number of nitrogens with one attached hydrogen (secondary N) is 2. The molecule has 0 fully saturated rings. The van der Waals surface area contributed by atoms with E-state index in [0.29, 0.717) is 17.7 Å². The molecule has 0 heterocycles. The number of hydrogen-bond donors (Lipinski definition) is 3. The minimum absolute atomic E-state index is 0.0947. The second-order valence-corrected chi connectivity index (χ2v) is 11.9. The number of sulfonamides is 2. The maximum Gasteiger partial charge on any atom is 0.221 e. The van der Waals surface area contributed by atoms with Crippen molar-refractivity contribution in [2.75, 3.05) is 19.3 Å². The van der Waals surface area contributed by atoms with Crippen LogP contribution in [0, 0.1) is 0 Å². The van der Waals surface area contributed by atoms with Gasteiger partial charge in [0.05, 0.1) is 12.4 Å². The van der Waals surface area contributed by atoms with Crippen molar-refractivity contribution < 1.29 is 21.9 Å². The first-order chi connectivity index (χ1) is 13.9. The molecule has 7 nitrogen and oxygen atoms in total. The molecule has 0 aromatic heterocycles. The van der Waals surface area contributed by atoms with Crippen molar-refractivity contribution >= 4 is 20.0 Å². The summed E-state index contributed by atoms with van der Waals surface area (Å²) in [6, 6.07) is 14.5. The Bertz CT molecular complexity index is 1050. The summed E-state index contributed by atoms with van der Waals surface area (Å²) in [5.74, 6) is 0. The van der Waals surface area contributed by atoms with Crippen LogP contribution in [0.2, 0.25) is 0 Å². The maximum atomic E-state index is 12.6. The molecule has 2 rings (SSSR count). The van der Waals surface area contributed by atoms with E-state index in [1.807, 2.05) is 31.2 Å². The highest BCUT2D eigenvalue weighted by atomic mass is 32.2. The Hall–Kier alpha value is -1.78. The molecule has 0 bridgehead atoms. The highest BCUT2D eigenvalue weighted by Gasteiger charge is 2.35. The molecule has 30 heavy (non-hydrogen) atoms. The fourth-order valence-electron chi connectivity index (χ4n) is 2.88. The van der Waals surface area contributed by atoms with Crippen LogP contribution >= 0.6 is 0 Å². The summed E-state index contributed by atoms with van der Waals surface area (Å²) < 4.78 is 51.4. The van der Waals surface area contributed by atoms with Gasteiger partial charge in [-0.05, 0) is 42.5 Å². The first-order valence-corrected chi connectivity index (χ1v) is 13.1. The number of rotatable bonds is 10. The van der Waals surface area contributed by atoms with Crippen LogP contribution in [0.4, 0.5) is 0 Å². The smallest absolute Gasteiger partial charge is 0.221 e. The summed E-state index contributed by atoms with van der Waals surface area (Å²) in [4.78, 5) is 0. The second kappa shape index (κ2) is 9.57. The van der Waals surface area contributed by atoms with Gasteiger partial charge >= 0.3 is 0 Å². The predicted molar refractivity (Wildman–Crippen MR) is 120 cm³/mol. The summed E-state index contributed by atoms with van der Waals surface area (Å²) in [6.45, 7) is 5.59. The molecule has 1 unspecified atom stereocenters. The zero-order valence-corrected chi connectivity index (χ0v) is 19.3. The molecule has 1 atom stereocenters. The van der Waals surface area contributed by atoms with Crippen molar-refractivity contribution in [3.8, 4) is 11.1 Å². The van der Waals surface area contributed by atoms with Crippen molar-refractivity contribution in [2.45, 2.75) is 38.0 Å². The van der Waals surface area contributed by atoms with Crippen LogP contribution in [0.25, 0.3) is 11.1 Å². The van der Waals surface area contributed by atoms with E-state index in [2.05, 4.69) is 9.44 Å². The molecule has 166 valence electrons. The lowest BCUT2D eigenvalue weighted by molar-refractivity contribution is 0.182. The Morgan fingerprint density at radius 3 is 1.87 bits per heavy atom. The predicted octanol–water partition coefficient (Wildman–Crippen LogP) is 2.50. The van der Waals surface area contributed by atoms with Gasteiger partial charge < -0.3 is 5.11 Å². The SMILES string of the molecule is CCCNS(=O)(=O)C(C)(C)c1ccc(-c2ccc(C(O)CNS(C)(=O)=O)cc2)cc1. The fraction of sp³-hybridized carbons (Fsp3) is 0.429. The zero-order chi connectivity index (χ0) is 22.6. The minimum atomic E-state index is -3.51. The topological polar surface area (TPSA) is 113 Å². The van der Waals surface area contributed by atoms with Gasteiger partial charge in [-0.1, -0.05) is 55.5 Å². The Balaban J connectivity index is 2.16. The van der Waals surface area contributed by atoms with Gasteiger partial charge in [0, 0.05) is 13.1 Å². The van der Waals surface area contributed by atoms with E-state index in [0.717, 1.165) is 23.8 Å². The van der Waals surface area contributed by atoms with Gasteiger partial charge in [0.1, 0.15) is 4.75 Å². The molecule has 0 aliphatic rings. The van der Waals surface area contributed by atoms with Crippen LogP contribution in [0.1, 0.15) is 44.4 Å². The second-order valence-electron chi connectivity index (χ2n) is 7.74. The fourth-order valence-corrected chi connectivity index (χ4v) is 4.62. The van der Waals surface area contributed by atoms with E-state index < -0.39 is 30.9 Å². The van der Waals surface area contributed by atoms with Crippen LogP contribution in [-0.4, -0.2) is 41.3 Å². The third-order valence-electron chi connectivity index (χ3n) is 4.96. The largest absolute Gasteiger partial charge is 0.387 e. The number of aliphatic hydroxyl groups excluding tert-OH is 1. The van der Waals surface area contributed by atoms with Gasteiger partial charge in [-0.15, -0.1) is 0 Å². The molecule has 0 aliphatic carbocycles. The zero-order valence-electron chi connectivity index (χ0n) is 17.7. The molecule has 9 heteroatoms.